The number of hydrogen-bond acceptors (Lipinski definition) is 5. The minimum absolute atomic E-state index is 0.0572. The number of carbonyl (C=O) groups excluding carboxylic acids is 2. The minimum Gasteiger partial charge on any atom is -0.462 e. The van der Waals surface area contributed by atoms with Crippen LogP contribution in [0.5, 0.6) is 0 Å². The second kappa shape index (κ2) is 55.0. The summed E-state index contributed by atoms with van der Waals surface area (Å²) in [7, 11) is 0. The van der Waals surface area contributed by atoms with Gasteiger partial charge in [-0.2, -0.15) is 0 Å². The van der Waals surface area contributed by atoms with E-state index >= 15 is 0 Å². The Labute approximate surface area is 394 Å². The summed E-state index contributed by atoms with van der Waals surface area (Å²) in [5.41, 5.74) is 0. The second-order valence-electron chi connectivity index (χ2n) is 19.7. The number of aliphatic hydroxyl groups excluding tert-OH is 1. The molecule has 0 aliphatic heterocycles. The summed E-state index contributed by atoms with van der Waals surface area (Å²) in [5.74, 6) is -0.569. The fraction of sp³-hybridized carbons (Fsp3) is 0.931. The van der Waals surface area contributed by atoms with Crippen molar-refractivity contribution in [2.75, 3.05) is 13.2 Å². The molecule has 0 aromatic heterocycles. The third-order valence-corrected chi connectivity index (χ3v) is 13.3. The van der Waals surface area contributed by atoms with Gasteiger partial charge < -0.3 is 14.6 Å². The Kier molecular flexibility index (Phi) is 53.8. The van der Waals surface area contributed by atoms with Crippen LogP contribution in [0.1, 0.15) is 328 Å². The molecule has 0 fully saturated rings. The third-order valence-electron chi connectivity index (χ3n) is 13.3. The Bertz CT molecular complexity index is 917. The van der Waals surface area contributed by atoms with E-state index in [-0.39, 0.29) is 25.2 Å². The van der Waals surface area contributed by atoms with Gasteiger partial charge in [0.05, 0.1) is 6.61 Å². The lowest BCUT2D eigenvalue weighted by Gasteiger charge is -2.15. The maximum atomic E-state index is 12.3. The average molecular weight is 890 g/mol. The quantitative estimate of drug-likeness (QED) is 0.0374. The Morgan fingerprint density at radius 3 is 0.857 bits per heavy atom. The van der Waals surface area contributed by atoms with Gasteiger partial charge in [-0.25, -0.2) is 0 Å². The Balaban J connectivity index is 3.36. The van der Waals surface area contributed by atoms with Crippen LogP contribution in [0.2, 0.25) is 0 Å². The number of carbonyl (C=O) groups is 2. The molecule has 0 aliphatic rings. The number of esters is 2. The molecule has 63 heavy (non-hydrogen) atoms. The van der Waals surface area contributed by atoms with Crippen LogP contribution in [-0.2, 0) is 19.1 Å². The first-order valence-corrected chi connectivity index (χ1v) is 28.7. The zero-order chi connectivity index (χ0) is 45.6. The Morgan fingerprint density at radius 2 is 0.587 bits per heavy atom. The molecule has 0 heterocycles. The molecule has 0 aromatic carbocycles. The van der Waals surface area contributed by atoms with E-state index in [1.54, 1.807) is 0 Å². The standard InChI is InChI=1S/C58H112O5/c1-3-5-7-9-11-13-15-17-19-20-21-22-23-24-25-26-27-28-29-30-31-32-33-34-35-36-37-38-39-41-43-45-47-49-51-53-58(61)63-56(54-59)55-62-57(60)52-50-48-46-44-42-40-18-16-14-12-10-8-6-4-2/h20-21,56,59H,3-19,22-55H2,1-2H3/b21-20-. The summed E-state index contributed by atoms with van der Waals surface area (Å²) in [6.45, 7) is 4.19. The highest BCUT2D eigenvalue weighted by molar-refractivity contribution is 5.70. The van der Waals surface area contributed by atoms with Crippen LogP contribution in [0.15, 0.2) is 12.2 Å². The number of allylic oxidation sites excluding steroid dienone is 2. The predicted octanol–water partition coefficient (Wildman–Crippen LogP) is 19.1. The lowest BCUT2D eigenvalue weighted by atomic mass is 10.0. The summed E-state index contributed by atoms with van der Waals surface area (Å²) in [6.07, 6.45) is 67.8. The number of unbranched alkanes of at least 4 members (excludes halogenated alkanes) is 44. The van der Waals surface area contributed by atoms with E-state index in [9.17, 15) is 14.7 Å². The molecular formula is C58H112O5. The van der Waals surface area contributed by atoms with Crippen LogP contribution in [0.25, 0.3) is 0 Å². The van der Waals surface area contributed by atoms with E-state index in [0.29, 0.717) is 12.8 Å². The van der Waals surface area contributed by atoms with Gasteiger partial charge in [0.2, 0.25) is 0 Å². The lowest BCUT2D eigenvalue weighted by molar-refractivity contribution is -0.161. The smallest absolute Gasteiger partial charge is 0.306 e. The summed E-state index contributed by atoms with van der Waals surface area (Å²) in [5, 5.41) is 9.63. The fourth-order valence-corrected chi connectivity index (χ4v) is 8.97. The van der Waals surface area contributed by atoms with Gasteiger partial charge in [0.1, 0.15) is 6.61 Å². The van der Waals surface area contributed by atoms with Gasteiger partial charge in [0, 0.05) is 12.8 Å². The first-order valence-electron chi connectivity index (χ1n) is 28.7. The first kappa shape index (κ1) is 61.6. The Morgan fingerprint density at radius 1 is 0.349 bits per heavy atom. The predicted molar refractivity (Wildman–Crippen MR) is 275 cm³/mol. The largest absolute Gasteiger partial charge is 0.462 e. The first-order chi connectivity index (χ1) is 31.1. The molecule has 0 amide bonds. The van der Waals surface area contributed by atoms with Gasteiger partial charge in [-0.1, -0.05) is 289 Å². The van der Waals surface area contributed by atoms with Crippen molar-refractivity contribution in [3.8, 4) is 0 Å². The molecule has 0 spiro atoms. The van der Waals surface area contributed by atoms with Crippen molar-refractivity contribution in [2.45, 2.75) is 335 Å². The van der Waals surface area contributed by atoms with Crippen molar-refractivity contribution in [1.82, 2.24) is 0 Å². The molecule has 0 aliphatic carbocycles. The highest BCUT2D eigenvalue weighted by atomic mass is 16.6. The molecule has 0 aromatic rings. The van der Waals surface area contributed by atoms with Crippen molar-refractivity contribution >= 4 is 11.9 Å². The highest BCUT2D eigenvalue weighted by Crippen LogP contribution is 2.18. The molecule has 0 saturated carbocycles. The van der Waals surface area contributed by atoms with Gasteiger partial charge in [-0.3, -0.25) is 9.59 Å². The number of hydrogen-bond donors (Lipinski definition) is 1. The normalized spacial score (nSPS) is 12.1. The molecule has 5 heteroatoms. The molecule has 1 atom stereocenters. The van der Waals surface area contributed by atoms with E-state index < -0.39 is 6.10 Å². The molecule has 0 bridgehead atoms. The summed E-state index contributed by atoms with van der Waals surface area (Å²) >= 11 is 0. The maximum absolute atomic E-state index is 12.3. The van der Waals surface area contributed by atoms with E-state index in [1.165, 1.54) is 270 Å². The van der Waals surface area contributed by atoms with E-state index in [1.807, 2.05) is 0 Å². The summed E-state index contributed by atoms with van der Waals surface area (Å²) < 4.78 is 10.7. The Hall–Kier alpha value is -1.36. The molecule has 0 saturated heterocycles. The highest BCUT2D eigenvalue weighted by Gasteiger charge is 2.16. The molecule has 0 radical (unpaired) electrons. The zero-order valence-corrected chi connectivity index (χ0v) is 42.9. The van der Waals surface area contributed by atoms with Crippen molar-refractivity contribution in [1.29, 1.82) is 0 Å². The SMILES string of the molecule is CCCCCCCCCC/C=C\CCCCCCCCCCCCCCCCCCCCCCCCCC(=O)OC(CO)COC(=O)CCCCCCCCCCCCCCCC. The van der Waals surface area contributed by atoms with E-state index in [4.69, 9.17) is 9.47 Å². The van der Waals surface area contributed by atoms with E-state index in [2.05, 4.69) is 26.0 Å². The molecule has 1 unspecified atom stereocenters. The van der Waals surface area contributed by atoms with Gasteiger partial charge in [-0.15, -0.1) is 0 Å². The monoisotopic (exact) mass is 889 g/mol. The molecule has 1 N–H and O–H groups in total. The van der Waals surface area contributed by atoms with Crippen molar-refractivity contribution in [3.63, 3.8) is 0 Å². The van der Waals surface area contributed by atoms with Crippen LogP contribution < -0.4 is 0 Å². The summed E-state index contributed by atoms with van der Waals surface area (Å²) in [6, 6.07) is 0. The minimum atomic E-state index is -0.764. The average Bonchev–Trinajstić information content (AvgIpc) is 3.29. The fourth-order valence-electron chi connectivity index (χ4n) is 8.97. The van der Waals surface area contributed by atoms with Crippen LogP contribution in [0, 0.1) is 0 Å². The lowest BCUT2D eigenvalue weighted by Crippen LogP contribution is -2.28. The van der Waals surface area contributed by atoms with Crippen LogP contribution in [0.3, 0.4) is 0 Å². The molecule has 5 nitrogen and oxygen atoms in total. The van der Waals surface area contributed by atoms with Gasteiger partial charge in [-0.05, 0) is 38.5 Å². The van der Waals surface area contributed by atoms with E-state index in [0.717, 1.165) is 32.1 Å². The van der Waals surface area contributed by atoms with Gasteiger partial charge >= 0.3 is 11.9 Å². The molecular weight excluding hydrogens is 777 g/mol. The zero-order valence-electron chi connectivity index (χ0n) is 42.9. The van der Waals surface area contributed by atoms with Crippen LogP contribution in [0.4, 0.5) is 0 Å². The van der Waals surface area contributed by atoms with Crippen LogP contribution >= 0.6 is 0 Å². The number of aliphatic hydroxyl groups is 1. The van der Waals surface area contributed by atoms with Gasteiger partial charge in [0.25, 0.3) is 0 Å². The summed E-state index contributed by atoms with van der Waals surface area (Å²) in [4.78, 5) is 24.4. The van der Waals surface area contributed by atoms with Crippen LogP contribution in [-0.4, -0.2) is 36.4 Å². The van der Waals surface area contributed by atoms with Crippen molar-refractivity contribution < 1.29 is 24.2 Å². The van der Waals surface area contributed by atoms with Gasteiger partial charge in [0.15, 0.2) is 6.10 Å². The van der Waals surface area contributed by atoms with Crippen molar-refractivity contribution in [2.24, 2.45) is 0 Å². The number of rotatable bonds is 54. The topological polar surface area (TPSA) is 72.8 Å². The number of ether oxygens (including phenoxy) is 2. The second-order valence-corrected chi connectivity index (χ2v) is 19.7. The molecule has 0 rings (SSSR count). The third kappa shape index (κ3) is 53.1. The molecule has 374 valence electrons. The maximum Gasteiger partial charge on any atom is 0.306 e. The van der Waals surface area contributed by atoms with Crippen molar-refractivity contribution in [3.05, 3.63) is 12.2 Å².